The summed E-state index contributed by atoms with van der Waals surface area (Å²) < 4.78 is 0. The molecule has 0 unspecified atom stereocenters. The molecule has 2 aromatic carbocycles. The van der Waals surface area contributed by atoms with E-state index in [0.29, 0.717) is 34.3 Å². The highest BCUT2D eigenvalue weighted by atomic mass is 15.2. The van der Waals surface area contributed by atoms with Crippen LogP contribution in [0.3, 0.4) is 0 Å². The number of fused-ring (bicyclic) bond motifs is 1. The van der Waals surface area contributed by atoms with Crippen molar-refractivity contribution in [3.05, 3.63) is 91.3 Å². The summed E-state index contributed by atoms with van der Waals surface area (Å²) in [4.78, 5) is 26.1. The van der Waals surface area contributed by atoms with Crippen molar-refractivity contribution in [2.45, 2.75) is 0 Å². The van der Waals surface area contributed by atoms with E-state index in [9.17, 15) is 0 Å². The average molecular weight is 427 g/mol. The van der Waals surface area contributed by atoms with Gasteiger partial charge in [-0.05, 0) is 24.3 Å². The standard InChI is InChI=1S/C25H15N8/c1-3-8-16(9-4-1)20-21(17-10-5-2-6-11-17)30-22-18(28-20)12-13-19(29-22)23-31-25(33-32-23)24-26-14-7-15-27-24/h1,3-15H,(H,31,32,33). The molecule has 0 amide bonds. The van der Waals surface area contributed by atoms with Crippen LogP contribution in [0.2, 0.25) is 0 Å². The van der Waals surface area contributed by atoms with Crippen LogP contribution in [-0.2, 0) is 0 Å². The summed E-state index contributed by atoms with van der Waals surface area (Å²) in [6, 6.07) is 26.2. The molecule has 0 atom stereocenters. The van der Waals surface area contributed by atoms with Gasteiger partial charge in [-0.15, -0.1) is 10.2 Å². The Kier molecular flexibility index (Phi) is 4.58. The Labute approximate surface area is 188 Å². The lowest BCUT2D eigenvalue weighted by Gasteiger charge is -2.10. The lowest BCUT2D eigenvalue weighted by atomic mass is 10.0. The highest BCUT2D eigenvalue weighted by Gasteiger charge is 2.16. The fourth-order valence-electron chi connectivity index (χ4n) is 3.52. The monoisotopic (exact) mass is 427 g/mol. The molecular formula is C25H15N8. The molecule has 6 rings (SSSR count). The zero-order valence-electron chi connectivity index (χ0n) is 17.2. The van der Waals surface area contributed by atoms with E-state index >= 15 is 0 Å². The van der Waals surface area contributed by atoms with Crippen LogP contribution in [0.1, 0.15) is 0 Å². The molecule has 0 spiro atoms. The van der Waals surface area contributed by atoms with Gasteiger partial charge in [0, 0.05) is 23.5 Å². The van der Waals surface area contributed by atoms with E-state index in [1.165, 1.54) is 0 Å². The first-order valence-corrected chi connectivity index (χ1v) is 10.3. The van der Waals surface area contributed by atoms with Gasteiger partial charge in [-0.3, -0.25) is 0 Å². The number of pyridine rings is 1. The highest BCUT2D eigenvalue weighted by molar-refractivity contribution is 5.85. The van der Waals surface area contributed by atoms with Gasteiger partial charge in [0.25, 0.3) is 0 Å². The fourth-order valence-corrected chi connectivity index (χ4v) is 3.52. The summed E-state index contributed by atoms with van der Waals surface area (Å²) in [6.07, 6.45) is 3.31. The molecule has 6 aromatic rings. The van der Waals surface area contributed by atoms with E-state index in [2.05, 4.69) is 31.2 Å². The molecule has 0 bridgehead atoms. The molecule has 0 fully saturated rings. The lowest BCUT2D eigenvalue weighted by molar-refractivity contribution is 1.06. The lowest BCUT2D eigenvalue weighted by Crippen LogP contribution is -1.98. The maximum Gasteiger partial charge on any atom is 0.199 e. The average Bonchev–Trinajstić information content (AvgIpc) is 3.40. The zero-order chi connectivity index (χ0) is 22.0. The van der Waals surface area contributed by atoms with E-state index in [1.807, 2.05) is 66.7 Å². The number of aromatic amines is 1. The van der Waals surface area contributed by atoms with Gasteiger partial charge in [-0.2, -0.15) is 0 Å². The van der Waals surface area contributed by atoms with E-state index in [-0.39, 0.29) is 0 Å². The van der Waals surface area contributed by atoms with E-state index in [0.717, 1.165) is 22.5 Å². The van der Waals surface area contributed by atoms with Crippen molar-refractivity contribution in [2.75, 3.05) is 0 Å². The van der Waals surface area contributed by atoms with Gasteiger partial charge in [0.05, 0.1) is 11.4 Å². The van der Waals surface area contributed by atoms with Crippen molar-refractivity contribution >= 4 is 11.2 Å². The SMILES string of the molecule is [c]1ccc(-c2nc3nc(-c4nnc(-c5ncccn5)[nH]4)ccc3nc2-c2ccccc2)cc1. The van der Waals surface area contributed by atoms with Gasteiger partial charge in [0.2, 0.25) is 0 Å². The molecule has 33 heavy (non-hydrogen) atoms. The Hall–Kier alpha value is -4.85. The summed E-state index contributed by atoms with van der Waals surface area (Å²) in [6.45, 7) is 0. The van der Waals surface area contributed by atoms with Crippen molar-refractivity contribution in [1.29, 1.82) is 0 Å². The number of nitrogens with one attached hydrogen (secondary N) is 1. The predicted molar refractivity (Wildman–Crippen MR) is 123 cm³/mol. The van der Waals surface area contributed by atoms with Gasteiger partial charge in [-0.1, -0.05) is 54.6 Å². The number of aromatic nitrogens is 8. The first kappa shape index (κ1) is 18.9. The number of nitrogens with zero attached hydrogens (tertiary/aromatic N) is 7. The second-order valence-corrected chi connectivity index (χ2v) is 7.21. The topological polar surface area (TPSA) is 106 Å². The molecule has 1 radical (unpaired) electrons. The first-order chi connectivity index (χ1) is 16.3. The second kappa shape index (κ2) is 8.01. The molecule has 0 saturated heterocycles. The zero-order valence-corrected chi connectivity index (χ0v) is 17.2. The molecule has 0 saturated carbocycles. The minimum Gasteiger partial charge on any atom is -0.317 e. The molecule has 4 aromatic heterocycles. The summed E-state index contributed by atoms with van der Waals surface area (Å²) in [5.74, 6) is 1.44. The predicted octanol–water partition coefficient (Wildman–Crippen LogP) is 4.40. The Bertz CT molecular complexity index is 1550. The third-order valence-corrected chi connectivity index (χ3v) is 5.07. The molecule has 0 aliphatic rings. The summed E-state index contributed by atoms with van der Waals surface area (Å²) >= 11 is 0. The number of hydrogen-bond acceptors (Lipinski definition) is 7. The normalized spacial score (nSPS) is 11.0. The Morgan fingerprint density at radius 1 is 0.636 bits per heavy atom. The quantitative estimate of drug-likeness (QED) is 0.444. The van der Waals surface area contributed by atoms with Crippen molar-refractivity contribution in [3.8, 4) is 45.7 Å². The Balaban J connectivity index is 1.49. The van der Waals surface area contributed by atoms with Gasteiger partial charge in [0.15, 0.2) is 23.1 Å². The van der Waals surface area contributed by atoms with Crippen LogP contribution in [0.15, 0.2) is 85.2 Å². The minimum absolute atomic E-state index is 0.465. The van der Waals surface area contributed by atoms with Crippen LogP contribution in [0.5, 0.6) is 0 Å². The van der Waals surface area contributed by atoms with E-state index in [1.54, 1.807) is 18.5 Å². The fraction of sp³-hybridized carbons (Fsp3) is 0. The summed E-state index contributed by atoms with van der Waals surface area (Å²) in [5.41, 5.74) is 5.29. The molecule has 1 N–H and O–H groups in total. The first-order valence-electron chi connectivity index (χ1n) is 10.3. The number of hydrogen-bond donors (Lipinski definition) is 1. The van der Waals surface area contributed by atoms with Crippen LogP contribution in [0.25, 0.3) is 56.8 Å². The van der Waals surface area contributed by atoms with E-state index < -0.39 is 0 Å². The maximum atomic E-state index is 4.91. The van der Waals surface area contributed by atoms with Crippen molar-refractivity contribution < 1.29 is 0 Å². The number of rotatable bonds is 4. The van der Waals surface area contributed by atoms with Gasteiger partial charge < -0.3 is 4.98 Å². The Morgan fingerprint density at radius 2 is 1.36 bits per heavy atom. The second-order valence-electron chi connectivity index (χ2n) is 7.21. The maximum absolute atomic E-state index is 4.91. The van der Waals surface area contributed by atoms with Crippen molar-refractivity contribution in [3.63, 3.8) is 0 Å². The van der Waals surface area contributed by atoms with Gasteiger partial charge >= 0.3 is 0 Å². The van der Waals surface area contributed by atoms with Crippen molar-refractivity contribution in [1.82, 2.24) is 40.1 Å². The summed E-state index contributed by atoms with van der Waals surface area (Å²) in [5, 5.41) is 8.37. The van der Waals surface area contributed by atoms with Crippen LogP contribution < -0.4 is 0 Å². The third kappa shape index (κ3) is 3.59. The van der Waals surface area contributed by atoms with Crippen LogP contribution in [0, 0.1) is 6.07 Å². The molecule has 8 nitrogen and oxygen atoms in total. The molecule has 4 heterocycles. The van der Waals surface area contributed by atoms with E-state index in [4.69, 9.17) is 15.0 Å². The Morgan fingerprint density at radius 3 is 2.18 bits per heavy atom. The summed E-state index contributed by atoms with van der Waals surface area (Å²) in [7, 11) is 0. The largest absolute Gasteiger partial charge is 0.317 e. The molecule has 155 valence electrons. The van der Waals surface area contributed by atoms with Crippen LogP contribution in [-0.4, -0.2) is 40.1 Å². The van der Waals surface area contributed by atoms with Crippen molar-refractivity contribution in [2.24, 2.45) is 0 Å². The number of H-pyrrole nitrogens is 1. The number of benzene rings is 2. The molecular weight excluding hydrogens is 412 g/mol. The van der Waals surface area contributed by atoms with Crippen LogP contribution in [0.4, 0.5) is 0 Å². The van der Waals surface area contributed by atoms with Crippen LogP contribution >= 0.6 is 0 Å². The molecule has 0 aliphatic carbocycles. The third-order valence-electron chi connectivity index (χ3n) is 5.07. The highest BCUT2D eigenvalue weighted by Crippen LogP contribution is 2.31. The minimum atomic E-state index is 0.465. The molecule has 0 aliphatic heterocycles. The van der Waals surface area contributed by atoms with Gasteiger partial charge in [-0.25, -0.2) is 24.9 Å². The molecule has 8 heteroatoms. The van der Waals surface area contributed by atoms with Gasteiger partial charge in [0.1, 0.15) is 11.2 Å². The smallest absolute Gasteiger partial charge is 0.199 e.